The Kier molecular flexibility index (Phi) is 4.52. The van der Waals surface area contributed by atoms with Gasteiger partial charge in [-0.2, -0.15) is 5.26 Å². The molecule has 2 bridgehead atoms. The summed E-state index contributed by atoms with van der Waals surface area (Å²) in [6, 6.07) is 3.43. The van der Waals surface area contributed by atoms with Crippen molar-refractivity contribution in [2.45, 2.75) is 57.0 Å². The molecule has 0 aliphatic carbocycles. The Morgan fingerprint density at radius 2 is 1.94 bits per heavy atom. The third-order valence-electron chi connectivity index (χ3n) is 4.75. The van der Waals surface area contributed by atoms with Crippen LogP contribution in [0, 0.1) is 26.7 Å². The van der Waals surface area contributed by atoms with Gasteiger partial charge in [0.05, 0.1) is 24.7 Å². The summed E-state index contributed by atoms with van der Waals surface area (Å²) in [5, 5.41) is 24.2. The molecule has 0 N–H and O–H groups in total. The number of quaternary nitrogens is 1. The first-order valence-electron chi connectivity index (χ1n) is 6.50. The molecule has 6 heteroatoms. The number of rotatable bonds is 3. The van der Waals surface area contributed by atoms with Crippen molar-refractivity contribution in [3.63, 3.8) is 0 Å². The van der Waals surface area contributed by atoms with E-state index in [1.165, 1.54) is 32.2 Å². The minimum Gasteiger partial charge on any atom is -0.356 e. The molecule has 1 atom stereocenters. The molecule has 2 rings (SSSR count). The smallest absolute Gasteiger partial charge is 0.186 e. The molecule has 0 radical (unpaired) electrons. The van der Waals surface area contributed by atoms with E-state index in [4.69, 9.17) is 15.3 Å². The van der Waals surface area contributed by atoms with Crippen molar-refractivity contribution in [3.05, 3.63) is 15.3 Å². The molecule has 0 aromatic rings. The van der Waals surface area contributed by atoms with Gasteiger partial charge in [0.25, 0.3) is 0 Å². The van der Waals surface area contributed by atoms with Crippen molar-refractivity contribution in [2.24, 2.45) is 0 Å². The molecule has 6 nitrogen and oxygen atoms in total. The zero-order valence-corrected chi connectivity index (χ0v) is 11.1. The Labute approximate surface area is 108 Å². The van der Waals surface area contributed by atoms with Crippen molar-refractivity contribution < 1.29 is 9.57 Å². The van der Waals surface area contributed by atoms with Gasteiger partial charge in [0.2, 0.25) is 0 Å². The predicted molar refractivity (Wildman–Crippen MR) is 66.9 cm³/mol. The highest BCUT2D eigenvalue weighted by Gasteiger charge is 2.62. The standard InChI is InChI=1S/C12H21N2.NO3/c1-3-4-9-14(2)11-5-7-12(14,10-13)8-6-11;2-1(3)4/h11H,3-9H2,1-2H3;/q+1;-1. The number of fused-ring (bicyclic) bond motifs is 2. The van der Waals surface area contributed by atoms with Crippen LogP contribution in [0.3, 0.4) is 0 Å². The monoisotopic (exact) mass is 255 g/mol. The van der Waals surface area contributed by atoms with E-state index >= 15 is 0 Å². The van der Waals surface area contributed by atoms with E-state index < -0.39 is 5.09 Å². The lowest BCUT2D eigenvalue weighted by atomic mass is 9.89. The van der Waals surface area contributed by atoms with Crippen LogP contribution in [0.15, 0.2) is 0 Å². The maximum atomic E-state index is 9.41. The van der Waals surface area contributed by atoms with Crippen LogP contribution in [0.2, 0.25) is 0 Å². The quantitative estimate of drug-likeness (QED) is 0.439. The molecule has 0 aromatic heterocycles. The van der Waals surface area contributed by atoms with Crippen LogP contribution in [0.25, 0.3) is 0 Å². The zero-order chi connectivity index (χ0) is 13.8. The van der Waals surface area contributed by atoms with Crippen LogP contribution in [-0.2, 0) is 0 Å². The molecule has 0 amide bonds. The lowest BCUT2D eigenvalue weighted by Gasteiger charge is -2.40. The van der Waals surface area contributed by atoms with Crippen LogP contribution in [0.1, 0.15) is 45.4 Å². The minimum absolute atomic E-state index is 0.000162. The Morgan fingerprint density at radius 3 is 2.33 bits per heavy atom. The molecule has 0 saturated carbocycles. The molecular weight excluding hydrogens is 234 g/mol. The molecule has 2 saturated heterocycles. The van der Waals surface area contributed by atoms with Crippen LogP contribution < -0.4 is 0 Å². The summed E-state index contributed by atoms with van der Waals surface area (Å²) in [6.45, 7) is 3.46. The molecule has 1 unspecified atom stereocenters. The van der Waals surface area contributed by atoms with Gasteiger partial charge in [0.1, 0.15) is 6.07 Å². The largest absolute Gasteiger partial charge is 0.356 e. The minimum atomic E-state index is -1.75. The summed E-state index contributed by atoms with van der Waals surface area (Å²) in [7, 11) is 2.32. The molecule has 2 aliphatic heterocycles. The lowest BCUT2D eigenvalue weighted by Crippen LogP contribution is -2.56. The number of nitriles is 1. The number of nitrogens with zero attached hydrogens (tertiary/aromatic N) is 3. The predicted octanol–water partition coefficient (Wildman–Crippen LogP) is 2.21. The normalized spacial score (nSPS) is 36.6. The van der Waals surface area contributed by atoms with Gasteiger partial charge in [0, 0.05) is 25.7 Å². The fourth-order valence-corrected chi connectivity index (χ4v) is 3.62. The van der Waals surface area contributed by atoms with Gasteiger partial charge in [-0.1, -0.05) is 13.3 Å². The highest BCUT2D eigenvalue weighted by atomic mass is 16.9. The third-order valence-corrected chi connectivity index (χ3v) is 4.75. The van der Waals surface area contributed by atoms with E-state index in [1.54, 1.807) is 0 Å². The van der Waals surface area contributed by atoms with Gasteiger partial charge in [0.15, 0.2) is 5.54 Å². The van der Waals surface area contributed by atoms with Gasteiger partial charge in [-0.05, 0) is 6.42 Å². The van der Waals surface area contributed by atoms with E-state index in [9.17, 15) is 5.26 Å². The van der Waals surface area contributed by atoms with Crippen molar-refractivity contribution >= 4 is 0 Å². The highest BCUT2D eigenvalue weighted by Crippen LogP contribution is 2.51. The number of unbranched alkanes of at least 4 members (excludes halogenated alkanes) is 1. The number of hydrogen-bond acceptors (Lipinski definition) is 4. The topological polar surface area (TPSA) is 90.0 Å². The third kappa shape index (κ3) is 2.41. The van der Waals surface area contributed by atoms with Gasteiger partial charge in [-0.25, -0.2) is 0 Å². The molecule has 2 heterocycles. The molecule has 18 heavy (non-hydrogen) atoms. The first kappa shape index (κ1) is 14.7. The summed E-state index contributed by atoms with van der Waals surface area (Å²) < 4.78 is 1.07. The second kappa shape index (κ2) is 5.53. The average Bonchev–Trinajstić information content (AvgIpc) is 2.76. The SMILES string of the molecule is CCCC[N+]1(C)C2CCC1(C#N)CC2.O=[N+]([O-])[O-]. The van der Waals surface area contributed by atoms with Crippen LogP contribution in [0.5, 0.6) is 0 Å². The van der Waals surface area contributed by atoms with Crippen molar-refractivity contribution in [3.8, 4) is 6.07 Å². The fraction of sp³-hybridized carbons (Fsp3) is 0.917. The first-order chi connectivity index (χ1) is 8.42. The Hall–Kier alpha value is -1.35. The summed E-state index contributed by atoms with van der Waals surface area (Å²) in [4.78, 5) is 8.25. The molecule has 0 aromatic carbocycles. The van der Waals surface area contributed by atoms with Gasteiger partial charge in [-0.15, -0.1) is 0 Å². The van der Waals surface area contributed by atoms with Crippen LogP contribution >= 0.6 is 0 Å². The Balaban J connectivity index is 0.000000357. The number of hydrogen-bond donors (Lipinski definition) is 0. The van der Waals surface area contributed by atoms with Crippen molar-refractivity contribution in [2.75, 3.05) is 13.6 Å². The molecule has 2 aliphatic rings. The maximum absolute atomic E-state index is 9.41. The van der Waals surface area contributed by atoms with Crippen molar-refractivity contribution in [1.82, 2.24) is 0 Å². The van der Waals surface area contributed by atoms with E-state index in [-0.39, 0.29) is 5.54 Å². The fourth-order valence-electron chi connectivity index (χ4n) is 3.62. The van der Waals surface area contributed by atoms with E-state index in [2.05, 4.69) is 20.0 Å². The van der Waals surface area contributed by atoms with E-state index in [1.807, 2.05) is 0 Å². The Morgan fingerprint density at radius 1 is 1.44 bits per heavy atom. The lowest BCUT2D eigenvalue weighted by molar-refractivity contribution is -0.946. The van der Waals surface area contributed by atoms with Gasteiger partial charge >= 0.3 is 0 Å². The van der Waals surface area contributed by atoms with Crippen LogP contribution in [0.4, 0.5) is 0 Å². The van der Waals surface area contributed by atoms with Gasteiger partial charge in [-0.3, -0.25) is 0 Å². The second-order valence-electron chi connectivity index (χ2n) is 5.44. The highest BCUT2D eigenvalue weighted by molar-refractivity contribution is 5.10. The van der Waals surface area contributed by atoms with Crippen LogP contribution in [-0.4, -0.2) is 34.7 Å². The summed E-state index contributed by atoms with van der Waals surface area (Å²) >= 11 is 0. The molecule has 0 spiro atoms. The summed E-state index contributed by atoms with van der Waals surface area (Å²) in [6.07, 6.45) is 7.39. The Bertz CT molecular complexity index is 341. The zero-order valence-electron chi connectivity index (χ0n) is 11.1. The molecular formula is C12H21N3O3. The molecule has 2 fully saturated rings. The van der Waals surface area contributed by atoms with Gasteiger partial charge < -0.3 is 19.8 Å². The van der Waals surface area contributed by atoms with Crippen molar-refractivity contribution in [1.29, 1.82) is 5.26 Å². The maximum Gasteiger partial charge on any atom is 0.186 e. The average molecular weight is 255 g/mol. The second-order valence-corrected chi connectivity index (χ2v) is 5.44. The van der Waals surface area contributed by atoms with E-state index in [0.717, 1.165) is 23.4 Å². The molecule has 102 valence electrons. The van der Waals surface area contributed by atoms with E-state index in [0.29, 0.717) is 0 Å². The summed E-state index contributed by atoms with van der Waals surface area (Å²) in [5.74, 6) is 0. The first-order valence-corrected chi connectivity index (χ1v) is 6.50. The summed E-state index contributed by atoms with van der Waals surface area (Å²) in [5.41, 5.74) is -0.000162.